The number of likely N-dealkylation sites (tertiary alicyclic amines) is 2. The van der Waals surface area contributed by atoms with Gasteiger partial charge in [-0.05, 0) is 67.3 Å². The Morgan fingerprint density at radius 3 is 2.53 bits per heavy atom. The van der Waals surface area contributed by atoms with Crippen LogP contribution in [0.3, 0.4) is 0 Å². The lowest BCUT2D eigenvalue weighted by Gasteiger charge is -2.38. The second kappa shape index (κ2) is 8.91. The van der Waals surface area contributed by atoms with E-state index in [2.05, 4.69) is 21.6 Å². The molecule has 0 bridgehead atoms. The maximum absolute atomic E-state index is 14.1. The van der Waals surface area contributed by atoms with Crippen molar-refractivity contribution in [3.05, 3.63) is 59.7 Å². The summed E-state index contributed by atoms with van der Waals surface area (Å²) in [5, 5.41) is 0. The van der Waals surface area contributed by atoms with Gasteiger partial charge in [0, 0.05) is 49.4 Å². The van der Waals surface area contributed by atoms with E-state index >= 15 is 0 Å². The van der Waals surface area contributed by atoms with E-state index in [0.29, 0.717) is 19.5 Å². The Hall–Kier alpha value is -2.91. The van der Waals surface area contributed by atoms with Gasteiger partial charge in [0.15, 0.2) is 0 Å². The number of carbonyl (C=O) groups excluding carboxylic acids is 1. The molecule has 0 spiro atoms. The summed E-state index contributed by atoms with van der Waals surface area (Å²) >= 11 is 0. The molecule has 2 aromatic rings. The zero-order valence-electron chi connectivity index (χ0n) is 18.1. The lowest BCUT2D eigenvalue weighted by molar-refractivity contribution is -0.132. The second-order valence-corrected chi connectivity index (χ2v) is 8.87. The van der Waals surface area contributed by atoms with Crippen molar-refractivity contribution in [3.63, 3.8) is 0 Å². The lowest BCUT2D eigenvalue weighted by Crippen LogP contribution is -2.45. The molecule has 2 unspecified atom stereocenters. The van der Waals surface area contributed by atoms with E-state index in [-0.39, 0.29) is 29.5 Å². The van der Waals surface area contributed by atoms with Gasteiger partial charge in [-0.1, -0.05) is 11.8 Å². The van der Waals surface area contributed by atoms with Gasteiger partial charge in [-0.25, -0.2) is 8.78 Å². The average Bonchev–Trinajstić information content (AvgIpc) is 3.11. The molecular formula is C26H27F2N3O. The van der Waals surface area contributed by atoms with Crippen molar-refractivity contribution in [2.45, 2.75) is 37.6 Å². The number of anilines is 2. The minimum Gasteiger partial charge on any atom is -0.337 e. The summed E-state index contributed by atoms with van der Waals surface area (Å²) in [4.78, 5) is 18.3. The number of carbonyl (C=O) groups is 1. The van der Waals surface area contributed by atoms with Crippen molar-refractivity contribution in [2.75, 3.05) is 37.6 Å². The van der Waals surface area contributed by atoms with Gasteiger partial charge in [0.05, 0.1) is 13.1 Å². The molecule has 5 rings (SSSR count). The van der Waals surface area contributed by atoms with E-state index in [1.807, 2.05) is 11.0 Å². The molecule has 3 aliphatic heterocycles. The molecular weight excluding hydrogens is 408 g/mol. The molecule has 32 heavy (non-hydrogen) atoms. The Bertz CT molecular complexity index is 1060. The standard InChI is InChI=1S/C26H27F2N3O/c27-19-6-9-21(10-7-19)31-24-11-8-20(28)17-22(24)23-18-29(16-12-25(23)31)13-3-4-15-30-14-2-1-5-26(30)32/h6-11,17,23,25H,1-2,5,12-16,18H2. The topological polar surface area (TPSA) is 26.8 Å². The van der Waals surface area contributed by atoms with Gasteiger partial charge in [0.2, 0.25) is 5.91 Å². The van der Waals surface area contributed by atoms with Crippen LogP contribution in [0.5, 0.6) is 0 Å². The molecule has 2 atom stereocenters. The van der Waals surface area contributed by atoms with Crippen LogP contribution >= 0.6 is 0 Å². The Kier molecular flexibility index (Phi) is 5.84. The molecule has 0 N–H and O–H groups in total. The highest BCUT2D eigenvalue weighted by Gasteiger charge is 2.42. The Morgan fingerprint density at radius 1 is 0.938 bits per heavy atom. The van der Waals surface area contributed by atoms with E-state index in [1.54, 1.807) is 18.2 Å². The number of amides is 1. The van der Waals surface area contributed by atoms with Gasteiger partial charge >= 0.3 is 0 Å². The van der Waals surface area contributed by atoms with E-state index < -0.39 is 0 Å². The van der Waals surface area contributed by atoms with Crippen LogP contribution in [0.2, 0.25) is 0 Å². The monoisotopic (exact) mass is 435 g/mol. The van der Waals surface area contributed by atoms with Crippen LogP contribution in [0, 0.1) is 23.5 Å². The average molecular weight is 436 g/mol. The highest BCUT2D eigenvalue weighted by atomic mass is 19.1. The Labute approximate surface area is 187 Å². The van der Waals surface area contributed by atoms with Crippen LogP contribution in [0.1, 0.15) is 37.2 Å². The fraction of sp³-hybridized carbons (Fsp3) is 0.423. The van der Waals surface area contributed by atoms with Gasteiger partial charge < -0.3 is 9.80 Å². The minimum absolute atomic E-state index is 0.171. The van der Waals surface area contributed by atoms with Crippen LogP contribution in [0.4, 0.5) is 20.2 Å². The first-order chi connectivity index (χ1) is 15.6. The normalized spacial score (nSPS) is 22.9. The number of nitrogens with zero attached hydrogens (tertiary/aromatic N) is 3. The second-order valence-electron chi connectivity index (χ2n) is 8.87. The first kappa shape index (κ1) is 21.0. The number of hydrogen-bond donors (Lipinski definition) is 0. The maximum Gasteiger partial charge on any atom is 0.223 e. The van der Waals surface area contributed by atoms with Gasteiger partial charge in [0.1, 0.15) is 11.6 Å². The number of benzene rings is 2. The molecule has 0 aromatic heterocycles. The molecule has 6 heteroatoms. The van der Waals surface area contributed by atoms with Crippen LogP contribution in [0.15, 0.2) is 42.5 Å². The molecule has 4 nitrogen and oxygen atoms in total. The van der Waals surface area contributed by atoms with Crippen molar-refractivity contribution in [3.8, 4) is 11.8 Å². The highest BCUT2D eigenvalue weighted by molar-refractivity contribution is 5.77. The molecule has 2 aromatic carbocycles. The molecule has 1 amide bonds. The molecule has 2 fully saturated rings. The predicted molar refractivity (Wildman–Crippen MR) is 121 cm³/mol. The van der Waals surface area contributed by atoms with Gasteiger partial charge in [-0.3, -0.25) is 9.69 Å². The zero-order chi connectivity index (χ0) is 22.1. The lowest BCUT2D eigenvalue weighted by atomic mass is 9.89. The third-order valence-corrected chi connectivity index (χ3v) is 6.86. The Morgan fingerprint density at radius 2 is 1.72 bits per heavy atom. The van der Waals surface area contributed by atoms with Crippen molar-refractivity contribution >= 4 is 17.3 Å². The van der Waals surface area contributed by atoms with Gasteiger partial charge in [-0.15, -0.1) is 0 Å². The summed E-state index contributed by atoms with van der Waals surface area (Å²) in [5.41, 5.74) is 2.95. The number of halogens is 2. The molecule has 3 aliphatic rings. The summed E-state index contributed by atoms with van der Waals surface area (Å²) in [6.45, 7) is 3.66. The zero-order valence-corrected chi connectivity index (χ0v) is 18.1. The van der Waals surface area contributed by atoms with Crippen molar-refractivity contribution in [2.24, 2.45) is 0 Å². The van der Waals surface area contributed by atoms with Crippen LogP contribution in [0.25, 0.3) is 0 Å². The first-order valence-corrected chi connectivity index (χ1v) is 11.4. The first-order valence-electron chi connectivity index (χ1n) is 11.4. The van der Waals surface area contributed by atoms with Crippen LogP contribution in [-0.4, -0.2) is 54.5 Å². The van der Waals surface area contributed by atoms with Crippen molar-refractivity contribution < 1.29 is 13.6 Å². The van der Waals surface area contributed by atoms with Crippen molar-refractivity contribution in [1.29, 1.82) is 0 Å². The molecule has 0 aliphatic carbocycles. The summed E-state index contributed by atoms with van der Waals surface area (Å²) < 4.78 is 27.6. The van der Waals surface area contributed by atoms with Crippen LogP contribution in [-0.2, 0) is 4.79 Å². The molecule has 2 saturated heterocycles. The van der Waals surface area contributed by atoms with E-state index in [0.717, 1.165) is 55.8 Å². The summed E-state index contributed by atoms with van der Waals surface area (Å²) in [6.07, 6.45) is 3.60. The van der Waals surface area contributed by atoms with Crippen LogP contribution < -0.4 is 4.90 Å². The maximum atomic E-state index is 14.1. The molecule has 166 valence electrons. The SMILES string of the molecule is O=C1CCCCN1CC#CCN1CCC2C(C1)c1cc(F)ccc1N2c1ccc(F)cc1. The largest absolute Gasteiger partial charge is 0.337 e. The van der Waals surface area contributed by atoms with Crippen molar-refractivity contribution in [1.82, 2.24) is 9.80 Å². The fourth-order valence-electron chi connectivity index (χ4n) is 5.27. The molecule has 0 radical (unpaired) electrons. The van der Waals surface area contributed by atoms with E-state index in [1.165, 1.54) is 18.2 Å². The number of rotatable bonds is 3. The van der Waals surface area contributed by atoms with Gasteiger partial charge in [0.25, 0.3) is 0 Å². The third-order valence-electron chi connectivity index (χ3n) is 6.86. The van der Waals surface area contributed by atoms with E-state index in [9.17, 15) is 13.6 Å². The quantitative estimate of drug-likeness (QED) is 0.673. The predicted octanol–water partition coefficient (Wildman–Crippen LogP) is 4.29. The highest BCUT2D eigenvalue weighted by Crippen LogP contribution is 2.48. The molecule has 0 saturated carbocycles. The minimum atomic E-state index is -0.261. The summed E-state index contributed by atoms with van der Waals surface area (Å²) in [5.74, 6) is 6.29. The van der Waals surface area contributed by atoms with E-state index in [4.69, 9.17) is 0 Å². The number of hydrogen-bond acceptors (Lipinski definition) is 3. The third kappa shape index (κ3) is 4.10. The number of piperidine rings is 2. The smallest absolute Gasteiger partial charge is 0.223 e. The Balaban J connectivity index is 1.30. The molecule has 3 heterocycles. The summed E-state index contributed by atoms with van der Waals surface area (Å²) in [7, 11) is 0. The summed E-state index contributed by atoms with van der Waals surface area (Å²) in [6, 6.07) is 11.7. The fourth-order valence-corrected chi connectivity index (χ4v) is 5.27. The number of fused-ring (bicyclic) bond motifs is 3. The van der Waals surface area contributed by atoms with Gasteiger partial charge in [-0.2, -0.15) is 0 Å².